The molecule has 3 fully saturated rings. The number of nitrogens with zero attached hydrogens (tertiary/aromatic N) is 3. The Kier molecular flexibility index (Phi) is 3.28. The lowest BCUT2D eigenvalue weighted by molar-refractivity contribution is 0.0688. The number of carboxylic acids is 1. The Morgan fingerprint density at radius 3 is 3.05 bits per heavy atom. The molecule has 6 heteroatoms. The number of hydrogen-bond acceptors (Lipinski definition) is 4. The van der Waals surface area contributed by atoms with E-state index in [1.165, 1.54) is 19.4 Å². The summed E-state index contributed by atoms with van der Waals surface area (Å²) in [6.07, 6.45) is 4.19. The lowest BCUT2D eigenvalue weighted by Gasteiger charge is -2.32. The third kappa shape index (κ3) is 2.50. The number of nitrogens with one attached hydrogen (secondary N) is 1. The van der Waals surface area contributed by atoms with Gasteiger partial charge in [0, 0.05) is 37.8 Å². The summed E-state index contributed by atoms with van der Waals surface area (Å²) >= 11 is 0. The van der Waals surface area contributed by atoms with Crippen LogP contribution >= 0.6 is 0 Å². The van der Waals surface area contributed by atoms with E-state index in [4.69, 9.17) is 5.11 Å². The molecule has 19 heavy (non-hydrogen) atoms. The highest BCUT2D eigenvalue weighted by atomic mass is 16.4. The molecule has 0 aliphatic carbocycles. The van der Waals surface area contributed by atoms with Gasteiger partial charge >= 0.3 is 5.97 Å². The third-order valence-corrected chi connectivity index (χ3v) is 4.39. The number of H-pyrrole nitrogens is 1. The Bertz CT molecular complexity index is 473. The molecule has 2 N–H and O–H groups in total. The second-order valence-corrected chi connectivity index (χ2v) is 5.81. The minimum absolute atomic E-state index is 0.227. The highest BCUT2D eigenvalue weighted by Crippen LogP contribution is 2.27. The molecule has 1 aromatic rings. The largest absolute Gasteiger partial charge is 0.477 e. The molecule has 0 saturated carbocycles. The van der Waals surface area contributed by atoms with Crippen molar-refractivity contribution in [3.05, 3.63) is 17.5 Å². The van der Waals surface area contributed by atoms with E-state index in [0.717, 1.165) is 18.7 Å². The van der Waals surface area contributed by atoms with Crippen LogP contribution in [0, 0.1) is 5.92 Å². The van der Waals surface area contributed by atoms with Crippen molar-refractivity contribution >= 4 is 5.97 Å². The molecule has 4 rings (SSSR count). The maximum Gasteiger partial charge on any atom is 0.354 e. The average molecular weight is 264 g/mol. The molecule has 3 aliphatic rings. The molecular formula is C13H20N4O2. The monoisotopic (exact) mass is 264 g/mol. The normalized spacial score (nSPS) is 28.5. The molecule has 0 spiro atoms. The fourth-order valence-corrected chi connectivity index (χ4v) is 3.40. The number of likely N-dealkylation sites (N-methyl/N-ethyl adjacent to an activating group) is 1. The fraction of sp³-hybridized carbons (Fsp3) is 0.692. The second kappa shape index (κ2) is 4.94. The first-order valence-corrected chi connectivity index (χ1v) is 6.81. The van der Waals surface area contributed by atoms with Gasteiger partial charge in [0.25, 0.3) is 0 Å². The highest BCUT2D eigenvalue weighted by molar-refractivity contribution is 5.86. The molecule has 3 saturated heterocycles. The van der Waals surface area contributed by atoms with Gasteiger partial charge in [-0.05, 0) is 25.8 Å². The van der Waals surface area contributed by atoms with Gasteiger partial charge in [0.05, 0.1) is 6.20 Å². The number of aromatic amines is 1. The number of rotatable bonds is 3. The van der Waals surface area contributed by atoms with Crippen molar-refractivity contribution in [1.82, 2.24) is 20.0 Å². The molecular weight excluding hydrogens is 244 g/mol. The van der Waals surface area contributed by atoms with Gasteiger partial charge in [-0.25, -0.2) is 4.79 Å². The van der Waals surface area contributed by atoms with Crippen LogP contribution < -0.4 is 0 Å². The molecule has 4 heterocycles. The fourth-order valence-electron chi connectivity index (χ4n) is 3.40. The van der Waals surface area contributed by atoms with Gasteiger partial charge in [-0.3, -0.25) is 10.00 Å². The summed E-state index contributed by atoms with van der Waals surface area (Å²) in [7, 11) is 2.20. The van der Waals surface area contributed by atoms with E-state index in [1.807, 2.05) is 0 Å². The minimum atomic E-state index is -0.928. The van der Waals surface area contributed by atoms with E-state index in [1.54, 1.807) is 6.20 Å². The Morgan fingerprint density at radius 2 is 2.32 bits per heavy atom. The van der Waals surface area contributed by atoms with Crippen molar-refractivity contribution in [3.63, 3.8) is 0 Å². The van der Waals surface area contributed by atoms with Gasteiger partial charge in [0.1, 0.15) is 5.69 Å². The summed E-state index contributed by atoms with van der Waals surface area (Å²) in [6.45, 7) is 3.93. The van der Waals surface area contributed by atoms with Crippen LogP contribution in [0.15, 0.2) is 6.20 Å². The van der Waals surface area contributed by atoms with Crippen molar-refractivity contribution in [3.8, 4) is 0 Å². The van der Waals surface area contributed by atoms with Crippen LogP contribution in [-0.2, 0) is 6.54 Å². The SMILES string of the molecule is CN1C[C@@H]2CC[C@H]1CN(Cc1cn[nH]c1C(=O)O)C2. The molecule has 0 unspecified atom stereocenters. The highest BCUT2D eigenvalue weighted by Gasteiger charge is 2.33. The van der Waals surface area contributed by atoms with E-state index in [9.17, 15) is 4.79 Å². The summed E-state index contributed by atoms with van der Waals surface area (Å²) in [5.74, 6) is -0.216. The molecule has 2 atom stereocenters. The van der Waals surface area contributed by atoms with Crippen molar-refractivity contribution in [2.45, 2.75) is 25.4 Å². The zero-order valence-electron chi connectivity index (χ0n) is 11.2. The van der Waals surface area contributed by atoms with Crippen LogP contribution in [0.4, 0.5) is 0 Å². The first kappa shape index (κ1) is 12.6. The van der Waals surface area contributed by atoms with E-state index >= 15 is 0 Å². The Labute approximate surface area is 112 Å². The maximum absolute atomic E-state index is 11.1. The molecule has 1 aromatic heterocycles. The van der Waals surface area contributed by atoms with Crippen LogP contribution in [0.2, 0.25) is 0 Å². The van der Waals surface area contributed by atoms with Crippen molar-refractivity contribution in [2.24, 2.45) is 5.92 Å². The number of aromatic carboxylic acids is 1. The van der Waals surface area contributed by atoms with E-state index in [0.29, 0.717) is 18.5 Å². The molecule has 6 nitrogen and oxygen atoms in total. The number of fused-ring (bicyclic) bond motifs is 4. The number of hydrogen-bond donors (Lipinski definition) is 2. The van der Waals surface area contributed by atoms with Crippen molar-refractivity contribution in [2.75, 3.05) is 26.7 Å². The molecule has 104 valence electrons. The van der Waals surface area contributed by atoms with E-state index in [-0.39, 0.29) is 5.69 Å². The van der Waals surface area contributed by atoms with E-state index in [2.05, 4.69) is 27.0 Å². The predicted molar refractivity (Wildman–Crippen MR) is 70.0 cm³/mol. The molecule has 0 aromatic carbocycles. The first-order valence-electron chi connectivity index (χ1n) is 6.81. The summed E-state index contributed by atoms with van der Waals surface area (Å²) < 4.78 is 0. The van der Waals surface area contributed by atoms with Crippen LogP contribution in [0.5, 0.6) is 0 Å². The lowest BCUT2D eigenvalue weighted by Crippen LogP contribution is -2.40. The van der Waals surface area contributed by atoms with Crippen molar-refractivity contribution < 1.29 is 9.90 Å². The van der Waals surface area contributed by atoms with Crippen LogP contribution in [0.3, 0.4) is 0 Å². The van der Waals surface area contributed by atoms with Gasteiger partial charge in [0.2, 0.25) is 0 Å². The summed E-state index contributed by atoms with van der Waals surface area (Å²) in [6, 6.07) is 0.610. The number of piperidine rings is 1. The number of aromatic nitrogens is 2. The second-order valence-electron chi connectivity index (χ2n) is 5.81. The zero-order chi connectivity index (χ0) is 13.4. The van der Waals surface area contributed by atoms with Gasteiger partial charge in [-0.15, -0.1) is 0 Å². The number of carbonyl (C=O) groups is 1. The van der Waals surface area contributed by atoms with Crippen LogP contribution in [-0.4, -0.2) is 63.8 Å². The Balaban J connectivity index is 1.73. The minimum Gasteiger partial charge on any atom is -0.477 e. The summed E-state index contributed by atoms with van der Waals surface area (Å²) in [5, 5.41) is 15.5. The van der Waals surface area contributed by atoms with Gasteiger partial charge in [0.15, 0.2) is 0 Å². The van der Waals surface area contributed by atoms with Gasteiger partial charge in [-0.1, -0.05) is 0 Å². The summed E-state index contributed by atoms with van der Waals surface area (Å²) in [5.41, 5.74) is 1.02. The van der Waals surface area contributed by atoms with Gasteiger partial charge < -0.3 is 10.0 Å². The first-order chi connectivity index (χ1) is 9.13. The predicted octanol–water partition coefficient (Wildman–Crippen LogP) is 0.634. The number of carboxylic acid groups (broad SMARTS) is 1. The maximum atomic E-state index is 11.1. The van der Waals surface area contributed by atoms with Crippen LogP contribution in [0.25, 0.3) is 0 Å². The quantitative estimate of drug-likeness (QED) is 0.838. The Morgan fingerprint density at radius 1 is 1.47 bits per heavy atom. The Hall–Kier alpha value is -1.40. The smallest absolute Gasteiger partial charge is 0.354 e. The standard InChI is InChI=1S/C13H20N4O2/c1-16-5-9-2-3-11(16)8-17(6-9)7-10-4-14-15-12(10)13(18)19/h4,9,11H,2-3,5-8H2,1H3,(H,14,15)(H,18,19)/t9-,11-/m0/s1. The van der Waals surface area contributed by atoms with Gasteiger partial charge in [-0.2, -0.15) is 5.10 Å². The van der Waals surface area contributed by atoms with Crippen LogP contribution in [0.1, 0.15) is 28.9 Å². The molecule has 3 aliphatic heterocycles. The lowest BCUT2D eigenvalue weighted by atomic mass is 9.96. The van der Waals surface area contributed by atoms with E-state index < -0.39 is 5.97 Å². The third-order valence-electron chi connectivity index (χ3n) is 4.39. The molecule has 0 amide bonds. The average Bonchev–Trinajstić information content (AvgIpc) is 2.65. The molecule has 0 radical (unpaired) electrons. The summed E-state index contributed by atoms with van der Waals surface area (Å²) in [4.78, 5) is 15.9. The molecule has 2 bridgehead atoms. The van der Waals surface area contributed by atoms with Crippen molar-refractivity contribution in [1.29, 1.82) is 0 Å². The topological polar surface area (TPSA) is 72.5 Å². The zero-order valence-corrected chi connectivity index (χ0v) is 11.2.